The summed E-state index contributed by atoms with van der Waals surface area (Å²) in [5, 5.41) is 12.9. The van der Waals surface area contributed by atoms with Crippen LogP contribution in [0.15, 0.2) is 59.6 Å². The number of nitrogens with one attached hydrogen (secondary N) is 2. The van der Waals surface area contributed by atoms with Crippen LogP contribution < -0.4 is 14.9 Å². The molecule has 2 aromatic carbocycles. The zero-order chi connectivity index (χ0) is 18.6. The van der Waals surface area contributed by atoms with E-state index in [1.165, 1.54) is 0 Å². The SMILES string of the molecule is CN(C)c1cnnc(NCCNS(=O)(=O)c2ccc3ccccc3c2)c1. The van der Waals surface area contributed by atoms with E-state index in [9.17, 15) is 8.42 Å². The number of anilines is 2. The van der Waals surface area contributed by atoms with Gasteiger partial charge in [0.05, 0.1) is 16.8 Å². The third kappa shape index (κ3) is 4.27. The van der Waals surface area contributed by atoms with E-state index in [4.69, 9.17) is 0 Å². The van der Waals surface area contributed by atoms with Crippen molar-refractivity contribution in [3.05, 3.63) is 54.7 Å². The van der Waals surface area contributed by atoms with Gasteiger partial charge in [0, 0.05) is 33.3 Å². The largest absolute Gasteiger partial charge is 0.376 e. The molecule has 7 nitrogen and oxygen atoms in total. The predicted molar refractivity (Wildman–Crippen MR) is 104 cm³/mol. The van der Waals surface area contributed by atoms with Crippen LogP contribution in [-0.4, -0.2) is 45.8 Å². The summed E-state index contributed by atoms with van der Waals surface area (Å²) in [5.41, 5.74) is 0.916. The Kier molecular flexibility index (Phi) is 5.34. The first-order valence-corrected chi connectivity index (χ1v) is 9.66. The van der Waals surface area contributed by atoms with E-state index in [0.717, 1.165) is 16.5 Å². The number of fused-ring (bicyclic) bond motifs is 1. The van der Waals surface area contributed by atoms with Crippen LogP contribution in [0.3, 0.4) is 0 Å². The Labute approximate surface area is 153 Å². The highest BCUT2D eigenvalue weighted by molar-refractivity contribution is 7.89. The minimum atomic E-state index is -3.56. The molecular weight excluding hydrogens is 350 g/mol. The second-order valence-electron chi connectivity index (χ2n) is 6.03. The molecule has 0 saturated heterocycles. The second-order valence-corrected chi connectivity index (χ2v) is 7.79. The summed E-state index contributed by atoms with van der Waals surface area (Å²) in [7, 11) is 0.268. The lowest BCUT2D eigenvalue weighted by Gasteiger charge is -2.13. The molecule has 8 heteroatoms. The molecule has 0 spiro atoms. The number of hydrogen-bond acceptors (Lipinski definition) is 6. The summed E-state index contributed by atoms with van der Waals surface area (Å²) < 4.78 is 27.5. The lowest BCUT2D eigenvalue weighted by Crippen LogP contribution is -2.29. The zero-order valence-electron chi connectivity index (χ0n) is 14.7. The second kappa shape index (κ2) is 7.67. The number of nitrogens with zero attached hydrogens (tertiary/aromatic N) is 3. The van der Waals surface area contributed by atoms with Gasteiger partial charge in [-0.25, -0.2) is 13.1 Å². The highest BCUT2D eigenvalue weighted by Crippen LogP contribution is 2.18. The summed E-state index contributed by atoms with van der Waals surface area (Å²) in [6, 6.07) is 14.6. The molecule has 0 aliphatic rings. The normalized spacial score (nSPS) is 11.5. The maximum absolute atomic E-state index is 12.5. The fraction of sp³-hybridized carbons (Fsp3) is 0.222. The maximum Gasteiger partial charge on any atom is 0.240 e. The lowest BCUT2D eigenvalue weighted by molar-refractivity contribution is 0.583. The van der Waals surface area contributed by atoms with E-state index in [-0.39, 0.29) is 11.4 Å². The van der Waals surface area contributed by atoms with Crippen molar-refractivity contribution in [2.24, 2.45) is 0 Å². The molecule has 3 aromatic rings. The topological polar surface area (TPSA) is 87.2 Å². The van der Waals surface area contributed by atoms with Gasteiger partial charge in [0.2, 0.25) is 10.0 Å². The summed E-state index contributed by atoms with van der Waals surface area (Å²) in [5.74, 6) is 0.598. The standard InChI is InChI=1S/C18H21N5O2S/c1-23(2)16-12-18(22-20-13-16)19-9-10-21-26(24,25)17-8-7-14-5-3-4-6-15(14)11-17/h3-8,11-13,21H,9-10H2,1-2H3,(H,19,22). The number of benzene rings is 2. The number of aromatic nitrogens is 2. The lowest BCUT2D eigenvalue weighted by atomic mass is 10.1. The summed E-state index contributed by atoms with van der Waals surface area (Å²) in [6.45, 7) is 0.640. The maximum atomic E-state index is 12.5. The van der Waals surface area contributed by atoms with Gasteiger partial charge in [-0.3, -0.25) is 0 Å². The van der Waals surface area contributed by atoms with Crippen LogP contribution in [0.2, 0.25) is 0 Å². The van der Waals surface area contributed by atoms with Crippen LogP contribution in [0, 0.1) is 0 Å². The van der Waals surface area contributed by atoms with Crippen LogP contribution >= 0.6 is 0 Å². The Morgan fingerprint density at radius 2 is 1.77 bits per heavy atom. The van der Waals surface area contributed by atoms with Gasteiger partial charge in [-0.2, -0.15) is 5.10 Å². The molecular formula is C18H21N5O2S. The van der Waals surface area contributed by atoms with Crippen LogP contribution in [-0.2, 0) is 10.0 Å². The molecule has 0 atom stereocenters. The zero-order valence-corrected chi connectivity index (χ0v) is 15.5. The molecule has 0 amide bonds. The van der Waals surface area contributed by atoms with Gasteiger partial charge in [-0.05, 0) is 22.9 Å². The first-order chi connectivity index (χ1) is 12.5. The monoisotopic (exact) mass is 371 g/mol. The fourth-order valence-corrected chi connectivity index (χ4v) is 3.55. The number of hydrogen-bond donors (Lipinski definition) is 2. The van der Waals surface area contributed by atoms with Crippen molar-refractivity contribution in [2.45, 2.75) is 4.90 Å². The molecule has 0 unspecified atom stereocenters. The van der Waals surface area contributed by atoms with Gasteiger partial charge in [0.15, 0.2) is 5.82 Å². The van der Waals surface area contributed by atoms with Crippen LogP contribution in [0.1, 0.15) is 0 Å². The van der Waals surface area contributed by atoms with Crippen LogP contribution in [0.25, 0.3) is 10.8 Å². The van der Waals surface area contributed by atoms with Crippen molar-refractivity contribution in [1.82, 2.24) is 14.9 Å². The number of rotatable bonds is 7. The van der Waals surface area contributed by atoms with Crippen LogP contribution in [0.4, 0.5) is 11.5 Å². The Bertz CT molecular complexity index is 1010. The molecule has 0 radical (unpaired) electrons. The smallest absolute Gasteiger partial charge is 0.240 e. The molecule has 26 heavy (non-hydrogen) atoms. The quantitative estimate of drug-likeness (QED) is 0.619. The van der Waals surface area contributed by atoms with E-state index in [1.807, 2.05) is 55.4 Å². The van der Waals surface area contributed by atoms with Gasteiger partial charge in [0.25, 0.3) is 0 Å². The summed E-state index contributed by atoms with van der Waals surface area (Å²) >= 11 is 0. The third-order valence-corrected chi connectivity index (χ3v) is 5.37. The van der Waals surface area contributed by atoms with Gasteiger partial charge in [0.1, 0.15) is 0 Å². The molecule has 1 aromatic heterocycles. The summed E-state index contributed by atoms with van der Waals surface area (Å²) in [6.07, 6.45) is 1.66. The number of sulfonamides is 1. The van der Waals surface area contributed by atoms with Gasteiger partial charge >= 0.3 is 0 Å². The molecule has 2 N–H and O–H groups in total. The summed E-state index contributed by atoms with van der Waals surface area (Å²) in [4.78, 5) is 2.17. The van der Waals surface area contributed by atoms with Crippen molar-refractivity contribution in [3.63, 3.8) is 0 Å². The highest BCUT2D eigenvalue weighted by Gasteiger charge is 2.13. The minimum absolute atomic E-state index is 0.239. The highest BCUT2D eigenvalue weighted by atomic mass is 32.2. The van der Waals surface area contributed by atoms with Crippen molar-refractivity contribution < 1.29 is 8.42 Å². The predicted octanol–water partition coefficient (Wildman–Crippen LogP) is 2.09. The Morgan fingerprint density at radius 3 is 2.54 bits per heavy atom. The van der Waals surface area contributed by atoms with Crippen molar-refractivity contribution in [1.29, 1.82) is 0 Å². The molecule has 0 fully saturated rings. The van der Waals surface area contributed by atoms with E-state index in [2.05, 4.69) is 20.2 Å². The van der Waals surface area contributed by atoms with Crippen molar-refractivity contribution >= 4 is 32.3 Å². The fourth-order valence-electron chi connectivity index (χ4n) is 2.48. The Morgan fingerprint density at radius 1 is 1.00 bits per heavy atom. The third-order valence-electron chi connectivity index (χ3n) is 3.91. The first-order valence-electron chi connectivity index (χ1n) is 8.18. The van der Waals surface area contributed by atoms with Gasteiger partial charge in [-0.1, -0.05) is 30.3 Å². The molecule has 136 valence electrons. The van der Waals surface area contributed by atoms with Crippen molar-refractivity contribution in [2.75, 3.05) is 37.4 Å². The molecule has 3 rings (SSSR count). The minimum Gasteiger partial charge on any atom is -0.376 e. The molecule has 0 saturated carbocycles. The van der Waals surface area contributed by atoms with Gasteiger partial charge in [-0.15, -0.1) is 5.10 Å². The van der Waals surface area contributed by atoms with Gasteiger partial charge < -0.3 is 10.2 Å². The first kappa shape index (κ1) is 18.1. The average Bonchev–Trinajstić information content (AvgIpc) is 2.65. The average molecular weight is 371 g/mol. The Balaban J connectivity index is 1.60. The van der Waals surface area contributed by atoms with E-state index in [1.54, 1.807) is 18.3 Å². The molecule has 0 bridgehead atoms. The molecule has 0 aliphatic heterocycles. The van der Waals surface area contributed by atoms with Crippen LogP contribution in [0.5, 0.6) is 0 Å². The molecule has 1 heterocycles. The van der Waals surface area contributed by atoms with E-state index < -0.39 is 10.0 Å². The van der Waals surface area contributed by atoms with E-state index in [0.29, 0.717) is 12.4 Å². The molecule has 0 aliphatic carbocycles. The van der Waals surface area contributed by atoms with Crippen molar-refractivity contribution in [3.8, 4) is 0 Å². The van der Waals surface area contributed by atoms with E-state index >= 15 is 0 Å². The Hall–Kier alpha value is -2.71.